The number of fused-ring (bicyclic) bond motifs is 5. The molecule has 0 amide bonds. The second kappa shape index (κ2) is 9.31. The summed E-state index contributed by atoms with van der Waals surface area (Å²) in [4.78, 5) is 17.6. The second-order valence-corrected chi connectivity index (χ2v) is 13.0. The van der Waals surface area contributed by atoms with Gasteiger partial charge in [0.2, 0.25) is 6.29 Å². The van der Waals surface area contributed by atoms with Gasteiger partial charge < -0.3 is 24.8 Å². The monoisotopic (exact) mass is 505 g/mol. The zero-order chi connectivity index (χ0) is 25.2. The first kappa shape index (κ1) is 25.3. The van der Waals surface area contributed by atoms with Crippen molar-refractivity contribution in [3.8, 4) is 0 Å². The summed E-state index contributed by atoms with van der Waals surface area (Å²) >= 11 is 0. The minimum Gasteiger partial charge on any atom is -0.458 e. The fraction of sp³-hybridized carbons (Fsp3) is 0.893. The molecule has 8 heteroatoms. The molecule has 202 valence electrons. The molecular formula is C28H43NO7. The third-order valence-corrected chi connectivity index (χ3v) is 11.6. The van der Waals surface area contributed by atoms with E-state index in [1.165, 1.54) is 24.8 Å². The predicted molar refractivity (Wildman–Crippen MR) is 130 cm³/mol. The SMILES string of the molecule is C[C@]12CCC3C(CC[C@@H]4C(NO[C@H]5OCC[C@@H](O)[C@@H]5O)[C@@H](O)CC[C@]34C)C1CC[C@@H]2C1=CC(=O)OC1. The Morgan fingerprint density at radius 2 is 1.67 bits per heavy atom. The Kier molecular flexibility index (Phi) is 6.53. The molecule has 0 aromatic carbocycles. The summed E-state index contributed by atoms with van der Waals surface area (Å²) in [5, 5.41) is 31.2. The summed E-state index contributed by atoms with van der Waals surface area (Å²) in [6, 6.07) is -0.226. The van der Waals surface area contributed by atoms with Gasteiger partial charge >= 0.3 is 5.97 Å². The van der Waals surface area contributed by atoms with E-state index in [4.69, 9.17) is 14.3 Å². The molecule has 4 N–H and O–H groups in total. The summed E-state index contributed by atoms with van der Waals surface area (Å²) < 4.78 is 10.8. The van der Waals surface area contributed by atoms with Crippen LogP contribution in [0.25, 0.3) is 0 Å². The molecule has 6 aliphatic rings. The van der Waals surface area contributed by atoms with Crippen molar-refractivity contribution in [1.29, 1.82) is 0 Å². The van der Waals surface area contributed by atoms with E-state index in [0.29, 0.717) is 43.3 Å². The Labute approximate surface area is 213 Å². The van der Waals surface area contributed by atoms with Crippen LogP contribution in [0.3, 0.4) is 0 Å². The number of carbonyl (C=O) groups excluding carboxylic acids is 1. The fourth-order valence-corrected chi connectivity index (χ4v) is 9.72. The van der Waals surface area contributed by atoms with Crippen LogP contribution in [0.15, 0.2) is 11.6 Å². The lowest BCUT2D eigenvalue weighted by molar-refractivity contribution is -0.279. The van der Waals surface area contributed by atoms with Crippen LogP contribution < -0.4 is 5.48 Å². The molecule has 4 aliphatic carbocycles. The number of aliphatic hydroxyl groups excluding tert-OH is 3. The Morgan fingerprint density at radius 1 is 0.917 bits per heavy atom. The number of nitrogens with one attached hydrogen (secondary N) is 1. The van der Waals surface area contributed by atoms with Gasteiger partial charge in [0.25, 0.3) is 0 Å². The highest BCUT2D eigenvalue weighted by Crippen LogP contribution is 2.68. The number of rotatable bonds is 4. The normalized spacial score (nSPS) is 52.7. The van der Waals surface area contributed by atoms with E-state index >= 15 is 0 Å². The zero-order valence-corrected chi connectivity index (χ0v) is 21.6. The number of hydrogen-bond donors (Lipinski definition) is 4. The lowest BCUT2D eigenvalue weighted by atomic mass is 9.44. The van der Waals surface area contributed by atoms with Gasteiger partial charge in [0.15, 0.2) is 0 Å². The average molecular weight is 506 g/mol. The number of carbonyl (C=O) groups is 1. The quantitative estimate of drug-likeness (QED) is 0.340. The van der Waals surface area contributed by atoms with Crippen LogP contribution in [0.1, 0.15) is 71.6 Å². The van der Waals surface area contributed by atoms with Crippen LogP contribution in [-0.2, 0) is 19.1 Å². The molecule has 36 heavy (non-hydrogen) atoms. The molecule has 5 fully saturated rings. The van der Waals surface area contributed by atoms with Gasteiger partial charge in [-0.2, -0.15) is 5.48 Å². The van der Waals surface area contributed by atoms with Crippen LogP contribution >= 0.6 is 0 Å². The molecule has 4 saturated carbocycles. The van der Waals surface area contributed by atoms with Gasteiger partial charge in [-0.3, -0.25) is 4.84 Å². The topological polar surface area (TPSA) is 117 Å². The Bertz CT molecular complexity index is 895. The number of esters is 1. The maximum Gasteiger partial charge on any atom is 0.331 e. The highest BCUT2D eigenvalue weighted by molar-refractivity contribution is 5.85. The van der Waals surface area contributed by atoms with Gasteiger partial charge in [0.05, 0.1) is 24.9 Å². The van der Waals surface area contributed by atoms with Crippen LogP contribution in [0.5, 0.6) is 0 Å². The van der Waals surface area contributed by atoms with E-state index in [2.05, 4.69) is 19.3 Å². The number of hydroxylamine groups is 1. The molecule has 8 nitrogen and oxygen atoms in total. The van der Waals surface area contributed by atoms with Gasteiger partial charge in [0, 0.05) is 6.08 Å². The second-order valence-electron chi connectivity index (χ2n) is 13.0. The maximum atomic E-state index is 11.8. The number of ether oxygens (including phenoxy) is 2. The summed E-state index contributed by atoms with van der Waals surface area (Å²) in [5.74, 6) is 2.49. The molecule has 0 aromatic rings. The molecule has 12 atom stereocenters. The zero-order valence-electron chi connectivity index (χ0n) is 21.6. The Balaban J connectivity index is 1.18. The average Bonchev–Trinajstić information content (AvgIpc) is 3.43. The maximum absolute atomic E-state index is 11.8. The van der Waals surface area contributed by atoms with Crippen molar-refractivity contribution in [2.75, 3.05) is 13.2 Å². The lowest BCUT2D eigenvalue weighted by Crippen LogP contribution is -2.62. The summed E-state index contributed by atoms with van der Waals surface area (Å²) in [6.45, 7) is 5.71. The lowest BCUT2D eigenvalue weighted by Gasteiger charge is -2.62. The van der Waals surface area contributed by atoms with E-state index in [1.807, 2.05) is 0 Å². The molecule has 0 spiro atoms. The first-order valence-corrected chi connectivity index (χ1v) is 14.2. The van der Waals surface area contributed by atoms with E-state index in [1.54, 1.807) is 6.08 Å². The van der Waals surface area contributed by atoms with Gasteiger partial charge in [0.1, 0.15) is 12.7 Å². The molecular weight excluding hydrogens is 462 g/mol. The fourth-order valence-electron chi connectivity index (χ4n) is 9.72. The van der Waals surface area contributed by atoms with Crippen molar-refractivity contribution in [1.82, 2.24) is 5.48 Å². The van der Waals surface area contributed by atoms with Gasteiger partial charge in [-0.05, 0) is 104 Å². The molecule has 4 unspecified atom stereocenters. The third-order valence-electron chi connectivity index (χ3n) is 11.6. The summed E-state index contributed by atoms with van der Waals surface area (Å²) in [5.41, 5.74) is 4.67. The van der Waals surface area contributed by atoms with Crippen molar-refractivity contribution in [2.45, 2.75) is 102 Å². The van der Waals surface area contributed by atoms with Gasteiger partial charge in [-0.1, -0.05) is 13.8 Å². The largest absolute Gasteiger partial charge is 0.458 e. The first-order chi connectivity index (χ1) is 17.2. The van der Waals surface area contributed by atoms with Crippen molar-refractivity contribution in [2.24, 2.45) is 40.4 Å². The van der Waals surface area contributed by atoms with Crippen molar-refractivity contribution >= 4 is 5.97 Å². The molecule has 0 radical (unpaired) electrons. The van der Waals surface area contributed by atoms with E-state index in [0.717, 1.165) is 32.1 Å². The minimum absolute atomic E-state index is 0.111. The molecule has 0 bridgehead atoms. The highest BCUT2D eigenvalue weighted by Gasteiger charge is 2.62. The summed E-state index contributed by atoms with van der Waals surface area (Å²) in [7, 11) is 0. The van der Waals surface area contributed by atoms with Crippen LogP contribution in [0.2, 0.25) is 0 Å². The van der Waals surface area contributed by atoms with Gasteiger partial charge in [-0.25, -0.2) is 4.79 Å². The minimum atomic E-state index is -1.10. The molecule has 6 rings (SSSR count). The summed E-state index contributed by atoms with van der Waals surface area (Å²) in [6.07, 6.45) is 7.40. The molecule has 2 heterocycles. The molecule has 0 aromatic heterocycles. The standard InChI is InChI=1S/C28H43NO7/c1-27-10-7-19-16(18(27)6-5-17(27)15-13-23(32)35-14-15)3-4-20-24(21(30)8-11-28(19,20)2)29-36-26-25(33)22(31)9-12-34-26/h13,16-22,24-26,29-31,33H,3-12,14H2,1-2H3/t16?,17-,18?,19?,20-,21+,22-,24?,25+,26-,27-,28-/m1/s1. The van der Waals surface area contributed by atoms with Gasteiger partial charge in [-0.15, -0.1) is 0 Å². The Morgan fingerprint density at radius 3 is 2.44 bits per heavy atom. The Hall–Kier alpha value is -1.03. The smallest absolute Gasteiger partial charge is 0.331 e. The van der Waals surface area contributed by atoms with Crippen LogP contribution in [0.4, 0.5) is 0 Å². The van der Waals surface area contributed by atoms with Crippen molar-refractivity contribution < 1.29 is 34.4 Å². The van der Waals surface area contributed by atoms with Crippen LogP contribution in [0, 0.1) is 40.4 Å². The molecule has 2 aliphatic heterocycles. The predicted octanol–water partition coefficient (Wildman–Crippen LogP) is 2.46. The number of hydrogen-bond acceptors (Lipinski definition) is 8. The van der Waals surface area contributed by atoms with Crippen LogP contribution in [-0.4, -0.2) is 65.1 Å². The molecule has 1 saturated heterocycles. The first-order valence-electron chi connectivity index (χ1n) is 14.2. The van der Waals surface area contributed by atoms with E-state index < -0.39 is 24.6 Å². The van der Waals surface area contributed by atoms with Crippen molar-refractivity contribution in [3.63, 3.8) is 0 Å². The number of cyclic esters (lactones) is 1. The third kappa shape index (κ3) is 3.90. The van der Waals surface area contributed by atoms with E-state index in [-0.39, 0.29) is 28.8 Å². The highest BCUT2D eigenvalue weighted by atomic mass is 16.8. The van der Waals surface area contributed by atoms with E-state index in [9.17, 15) is 20.1 Å². The van der Waals surface area contributed by atoms with Crippen molar-refractivity contribution in [3.05, 3.63) is 11.6 Å². The number of aliphatic hydroxyl groups is 3.